The van der Waals surface area contributed by atoms with Gasteiger partial charge in [0.2, 0.25) is 0 Å². The number of benzene rings is 1. The lowest BCUT2D eigenvalue weighted by molar-refractivity contribution is -0.110. The van der Waals surface area contributed by atoms with Crippen molar-refractivity contribution in [3.63, 3.8) is 0 Å². The molecule has 0 spiro atoms. The van der Waals surface area contributed by atoms with E-state index in [-0.39, 0.29) is 5.71 Å². The van der Waals surface area contributed by atoms with E-state index in [9.17, 15) is 4.79 Å². The highest BCUT2D eigenvalue weighted by atomic mass is 16.5. The van der Waals surface area contributed by atoms with Gasteiger partial charge in [-0.15, -0.1) is 0 Å². The first-order chi connectivity index (χ1) is 15.9. The van der Waals surface area contributed by atoms with Crippen molar-refractivity contribution in [2.45, 2.75) is 0 Å². The molecule has 1 saturated heterocycles. The van der Waals surface area contributed by atoms with Crippen molar-refractivity contribution in [2.24, 2.45) is 0 Å². The third-order valence-corrected chi connectivity index (χ3v) is 5.45. The van der Waals surface area contributed by atoms with Crippen molar-refractivity contribution < 1.29 is 9.53 Å². The van der Waals surface area contributed by atoms with Gasteiger partial charge in [-0.05, 0) is 35.9 Å². The molecule has 0 aliphatic carbocycles. The molecule has 0 unspecified atom stereocenters. The highest BCUT2D eigenvalue weighted by molar-refractivity contribution is 6.48. The van der Waals surface area contributed by atoms with Crippen molar-refractivity contribution >= 4 is 34.5 Å². The quantitative estimate of drug-likeness (QED) is 0.394. The Balaban J connectivity index is 1.54. The van der Waals surface area contributed by atoms with Gasteiger partial charge >= 0.3 is 0 Å². The number of nitrogen functional groups attached to an aromatic ring is 1. The fraction of sp³-hybridized carbons (Fsp3) is 0.250. The van der Waals surface area contributed by atoms with E-state index >= 15 is 0 Å². The van der Waals surface area contributed by atoms with Gasteiger partial charge in [-0.25, -0.2) is 4.98 Å². The topological polar surface area (TPSA) is 120 Å². The van der Waals surface area contributed by atoms with Crippen LogP contribution in [0.5, 0.6) is 0 Å². The molecule has 170 valence electrons. The van der Waals surface area contributed by atoms with Gasteiger partial charge in [-0.2, -0.15) is 0 Å². The molecule has 2 aromatic heterocycles. The van der Waals surface area contributed by atoms with E-state index in [0.29, 0.717) is 30.2 Å². The Morgan fingerprint density at radius 2 is 1.88 bits per heavy atom. The molecule has 0 atom stereocenters. The van der Waals surface area contributed by atoms with Crippen LogP contribution in [0.4, 0.5) is 22.9 Å². The van der Waals surface area contributed by atoms with Crippen molar-refractivity contribution in [3.05, 3.63) is 60.6 Å². The largest absolute Gasteiger partial charge is 0.398 e. The summed E-state index contributed by atoms with van der Waals surface area (Å²) in [7, 11) is 3.77. The van der Waals surface area contributed by atoms with Gasteiger partial charge in [-0.1, -0.05) is 6.07 Å². The number of hydrogen-bond acceptors (Lipinski definition) is 8. The van der Waals surface area contributed by atoms with Crippen LogP contribution in [0.25, 0.3) is 11.1 Å². The highest BCUT2D eigenvalue weighted by Crippen LogP contribution is 2.27. The second-order valence-corrected chi connectivity index (χ2v) is 7.96. The normalized spacial score (nSPS) is 13.5. The molecular weight excluding hydrogens is 418 g/mol. The van der Waals surface area contributed by atoms with E-state index < -0.39 is 5.91 Å². The van der Waals surface area contributed by atoms with Gasteiger partial charge in [0.15, 0.2) is 0 Å². The van der Waals surface area contributed by atoms with Crippen LogP contribution in [0.15, 0.2) is 55.0 Å². The lowest BCUT2D eigenvalue weighted by Crippen LogP contribution is -2.36. The van der Waals surface area contributed by atoms with Crippen molar-refractivity contribution in [2.75, 3.05) is 61.2 Å². The molecule has 3 aromatic rings. The first-order valence-corrected chi connectivity index (χ1v) is 10.6. The van der Waals surface area contributed by atoms with Gasteiger partial charge in [-0.3, -0.25) is 15.2 Å². The summed E-state index contributed by atoms with van der Waals surface area (Å²) in [6, 6.07) is 10.9. The second-order valence-electron chi connectivity index (χ2n) is 7.96. The number of nitrogens with one attached hydrogen (secondary N) is 2. The third kappa shape index (κ3) is 5.09. The lowest BCUT2D eigenvalue weighted by atomic mass is 9.99. The van der Waals surface area contributed by atoms with E-state index in [0.717, 1.165) is 35.7 Å². The number of hydrogen-bond donors (Lipinski definition) is 3. The van der Waals surface area contributed by atoms with Gasteiger partial charge in [0.05, 0.1) is 37.0 Å². The summed E-state index contributed by atoms with van der Waals surface area (Å²) in [5.41, 5.74) is 9.86. The van der Waals surface area contributed by atoms with Gasteiger partial charge in [0, 0.05) is 50.2 Å². The van der Waals surface area contributed by atoms with Crippen LogP contribution in [0.3, 0.4) is 0 Å². The molecule has 4 N–H and O–H groups in total. The van der Waals surface area contributed by atoms with Crippen molar-refractivity contribution in [1.29, 1.82) is 5.41 Å². The minimum absolute atomic E-state index is 0.219. The first kappa shape index (κ1) is 22.2. The maximum Gasteiger partial charge on any atom is 0.274 e. The monoisotopic (exact) mass is 445 g/mol. The number of pyridine rings is 2. The maximum absolute atomic E-state index is 12.7. The highest BCUT2D eigenvalue weighted by Gasteiger charge is 2.17. The van der Waals surface area contributed by atoms with Gasteiger partial charge in [0.25, 0.3) is 5.91 Å². The molecule has 1 fully saturated rings. The summed E-state index contributed by atoms with van der Waals surface area (Å²) in [5, 5.41) is 11.2. The summed E-state index contributed by atoms with van der Waals surface area (Å²) in [6.07, 6.45) is 5.15. The van der Waals surface area contributed by atoms with E-state index in [1.54, 1.807) is 36.7 Å². The number of aromatic nitrogens is 2. The number of nitrogens with zero attached hydrogens (tertiary/aromatic N) is 4. The zero-order chi connectivity index (χ0) is 23.4. The zero-order valence-corrected chi connectivity index (χ0v) is 18.7. The Morgan fingerprint density at radius 3 is 2.58 bits per heavy atom. The first-order valence-electron chi connectivity index (χ1n) is 10.6. The fourth-order valence-electron chi connectivity index (χ4n) is 3.57. The molecule has 9 nitrogen and oxygen atoms in total. The number of morpholine rings is 1. The summed E-state index contributed by atoms with van der Waals surface area (Å²) in [4.78, 5) is 25.5. The molecule has 9 heteroatoms. The van der Waals surface area contributed by atoms with Crippen LogP contribution >= 0.6 is 0 Å². The summed E-state index contributed by atoms with van der Waals surface area (Å²) in [5.74, 6) is 0.214. The number of carbonyl (C=O) groups excluding carboxylic acids is 1. The molecule has 1 aliphatic heterocycles. The number of amides is 1. The minimum atomic E-state index is -0.557. The van der Waals surface area contributed by atoms with Gasteiger partial charge in [0.1, 0.15) is 11.5 Å². The molecule has 1 amide bonds. The Hall–Kier alpha value is -3.98. The zero-order valence-electron chi connectivity index (χ0n) is 18.7. The van der Waals surface area contributed by atoms with Crippen LogP contribution in [-0.2, 0) is 9.53 Å². The second kappa shape index (κ2) is 9.66. The third-order valence-electron chi connectivity index (χ3n) is 5.45. The van der Waals surface area contributed by atoms with Crippen molar-refractivity contribution in [3.8, 4) is 11.1 Å². The summed E-state index contributed by atoms with van der Waals surface area (Å²) >= 11 is 0. The Labute approximate surface area is 192 Å². The fourth-order valence-corrected chi connectivity index (χ4v) is 3.57. The number of carbonyl (C=O) groups is 1. The van der Waals surface area contributed by atoms with E-state index in [4.69, 9.17) is 15.9 Å². The average Bonchev–Trinajstić information content (AvgIpc) is 2.85. The predicted molar refractivity (Wildman–Crippen MR) is 131 cm³/mol. The Bertz CT molecular complexity index is 1160. The lowest BCUT2D eigenvalue weighted by Gasteiger charge is -2.28. The SMILES string of the molecule is CN(C)c1ccc(NC(=O)C(=N)c2cc(-c3cncc(N4CCOCC4)c3)ccc2N)cn1. The molecule has 4 rings (SSSR count). The molecule has 0 bridgehead atoms. The number of anilines is 4. The molecule has 3 heterocycles. The number of nitrogens with two attached hydrogens (primary N) is 1. The van der Waals surface area contributed by atoms with Crippen LogP contribution in [0.1, 0.15) is 5.56 Å². The maximum atomic E-state index is 12.7. The van der Waals surface area contributed by atoms with Crippen molar-refractivity contribution in [1.82, 2.24) is 9.97 Å². The number of rotatable bonds is 6. The van der Waals surface area contributed by atoms with E-state index in [2.05, 4.69) is 26.3 Å². The molecule has 0 radical (unpaired) electrons. The smallest absolute Gasteiger partial charge is 0.274 e. The van der Waals surface area contributed by atoms with E-state index in [1.165, 1.54) is 0 Å². The molecule has 1 aromatic carbocycles. The number of ether oxygens (including phenoxy) is 1. The Kier molecular flexibility index (Phi) is 6.50. The van der Waals surface area contributed by atoms with Crippen LogP contribution in [-0.4, -0.2) is 62.0 Å². The van der Waals surface area contributed by atoms with Crippen LogP contribution < -0.4 is 20.9 Å². The predicted octanol–water partition coefficient (Wildman–Crippen LogP) is 2.63. The summed E-state index contributed by atoms with van der Waals surface area (Å²) in [6.45, 7) is 3.01. The van der Waals surface area contributed by atoms with E-state index in [1.807, 2.05) is 31.3 Å². The molecular formula is C24H27N7O2. The minimum Gasteiger partial charge on any atom is -0.398 e. The standard InChI is InChI=1S/C24H27N7O2/c1-30(2)22-6-4-18(14-28-22)29-24(32)23(26)20-12-16(3-5-21(20)25)17-11-19(15-27-13-17)31-7-9-33-10-8-31/h3-6,11-15,26H,7-10,25H2,1-2H3,(H,29,32). The Morgan fingerprint density at radius 1 is 1.09 bits per heavy atom. The average molecular weight is 446 g/mol. The van der Waals surface area contributed by atoms with Crippen LogP contribution in [0.2, 0.25) is 0 Å². The summed E-state index contributed by atoms with van der Waals surface area (Å²) < 4.78 is 5.43. The molecule has 0 saturated carbocycles. The molecule has 1 aliphatic rings. The molecule has 33 heavy (non-hydrogen) atoms. The van der Waals surface area contributed by atoms with Gasteiger partial charge < -0.3 is 25.6 Å². The van der Waals surface area contributed by atoms with Crippen LogP contribution in [0, 0.1) is 5.41 Å².